The van der Waals surface area contributed by atoms with Gasteiger partial charge >= 0.3 is 0 Å². The number of nitrogens with one attached hydrogen (secondary N) is 1. The van der Waals surface area contributed by atoms with Gasteiger partial charge in [0.05, 0.1) is 26.4 Å². The van der Waals surface area contributed by atoms with Crippen LogP contribution < -0.4 is 10.1 Å². The first-order valence-electron chi connectivity index (χ1n) is 12.7. The summed E-state index contributed by atoms with van der Waals surface area (Å²) in [4.78, 5) is 28.0. The molecule has 1 aromatic carbocycles. The van der Waals surface area contributed by atoms with Crippen LogP contribution in [0.5, 0.6) is 5.75 Å². The molecule has 3 aliphatic rings. The van der Waals surface area contributed by atoms with Crippen LogP contribution in [0.25, 0.3) is 0 Å². The molecule has 0 spiro atoms. The van der Waals surface area contributed by atoms with Crippen molar-refractivity contribution in [3.63, 3.8) is 0 Å². The molecule has 2 aliphatic carbocycles. The molecule has 7 nitrogen and oxygen atoms in total. The van der Waals surface area contributed by atoms with E-state index >= 15 is 0 Å². The van der Waals surface area contributed by atoms with Crippen molar-refractivity contribution >= 4 is 11.8 Å². The number of ether oxygens (including phenoxy) is 2. The maximum absolute atomic E-state index is 13.2. The Labute approximate surface area is 203 Å². The van der Waals surface area contributed by atoms with Crippen molar-refractivity contribution in [1.29, 1.82) is 0 Å². The highest BCUT2D eigenvalue weighted by Crippen LogP contribution is 2.55. The highest BCUT2D eigenvalue weighted by Gasteiger charge is 2.54. The molecule has 0 aromatic heterocycles. The number of rotatable bonds is 5. The Kier molecular flexibility index (Phi) is 7.53. The van der Waals surface area contributed by atoms with Crippen LogP contribution in [0, 0.1) is 29.1 Å². The predicted molar refractivity (Wildman–Crippen MR) is 130 cm³/mol. The van der Waals surface area contributed by atoms with Gasteiger partial charge in [-0.25, -0.2) is 0 Å². The van der Waals surface area contributed by atoms with Crippen LogP contribution in [0.2, 0.25) is 0 Å². The van der Waals surface area contributed by atoms with Crippen LogP contribution in [0.1, 0.15) is 56.8 Å². The fourth-order valence-corrected chi connectivity index (χ4v) is 6.75. The molecule has 0 bridgehead atoms. The molecule has 1 heterocycles. The lowest BCUT2D eigenvalue weighted by molar-refractivity contribution is -0.153. The van der Waals surface area contributed by atoms with Crippen LogP contribution in [0.15, 0.2) is 24.3 Å². The lowest BCUT2D eigenvalue weighted by atomic mass is 9.51. The van der Waals surface area contributed by atoms with Crippen molar-refractivity contribution in [2.75, 3.05) is 33.4 Å². The molecule has 0 radical (unpaired) electrons. The van der Waals surface area contributed by atoms with E-state index in [1.807, 2.05) is 11.8 Å². The molecular formula is C27H40N2O5. The largest absolute Gasteiger partial charge is 0.497 e. The summed E-state index contributed by atoms with van der Waals surface area (Å²) in [7, 11) is 1.61. The first-order chi connectivity index (χ1) is 16.2. The Morgan fingerprint density at radius 2 is 1.82 bits per heavy atom. The molecule has 1 aliphatic heterocycles. The van der Waals surface area contributed by atoms with E-state index in [0.717, 1.165) is 31.4 Å². The van der Waals surface area contributed by atoms with Gasteiger partial charge in [-0.1, -0.05) is 20.8 Å². The molecule has 0 unspecified atom stereocenters. The van der Waals surface area contributed by atoms with Gasteiger partial charge in [-0.3, -0.25) is 9.59 Å². The fourth-order valence-electron chi connectivity index (χ4n) is 6.75. The van der Waals surface area contributed by atoms with Crippen LogP contribution >= 0.6 is 0 Å². The highest BCUT2D eigenvalue weighted by molar-refractivity contribution is 5.94. The summed E-state index contributed by atoms with van der Waals surface area (Å²) in [5, 5.41) is 14.9. The van der Waals surface area contributed by atoms with Crippen molar-refractivity contribution in [3.8, 4) is 5.75 Å². The van der Waals surface area contributed by atoms with Gasteiger partial charge in [0.1, 0.15) is 5.75 Å². The molecule has 2 amide bonds. The van der Waals surface area contributed by atoms with Gasteiger partial charge in [-0.05, 0) is 73.1 Å². The maximum Gasteiger partial charge on any atom is 0.251 e. The minimum absolute atomic E-state index is 0.00803. The number of nitrogens with zero attached hydrogens (tertiary/aromatic N) is 1. The third-order valence-corrected chi connectivity index (χ3v) is 8.91. The average molecular weight is 473 g/mol. The van der Waals surface area contributed by atoms with E-state index < -0.39 is 6.10 Å². The minimum atomic E-state index is -0.561. The number of fused-ring (bicyclic) bond motifs is 1. The Bertz CT molecular complexity index is 868. The second-order valence-corrected chi connectivity index (χ2v) is 10.8. The van der Waals surface area contributed by atoms with Crippen molar-refractivity contribution in [3.05, 3.63) is 29.8 Å². The molecule has 34 heavy (non-hydrogen) atoms. The molecular weight excluding hydrogens is 432 g/mol. The van der Waals surface area contributed by atoms with E-state index in [4.69, 9.17) is 9.47 Å². The zero-order chi connectivity index (χ0) is 24.5. The number of carbonyl (C=O) groups is 2. The lowest BCUT2D eigenvalue weighted by Crippen LogP contribution is -2.59. The number of amides is 2. The fraction of sp³-hybridized carbons (Fsp3) is 0.704. The molecule has 1 aromatic rings. The summed E-state index contributed by atoms with van der Waals surface area (Å²) in [6, 6.07) is 7.12. The Morgan fingerprint density at radius 3 is 2.47 bits per heavy atom. The molecule has 7 atom stereocenters. The SMILES string of the molecule is COc1ccc(C(=O)N[C@H]2CC[C@]3(C)CC[C@@H]([C@H](C)C(=O)N4CCOCC4)[C@H](O)[C@H]3[C@@H]2C)cc1. The van der Waals surface area contributed by atoms with Gasteiger partial charge in [0.15, 0.2) is 0 Å². The van der Waals surface area contributed by atoms with Crippen molar-refractivity contribution in [1.82, 2.24) is 10.2 Å². The number of methoxy groups -OCH3 is 1. The van der Waals surface area contributed by atoms with Crippen LogP contribution in [0.4, 0.5) is 0 Å². The predicted octanol–water partition coefficient (Wildman–Crippen LogP) is 3.11. The summed E-state index contributed by atoms with van der Waals surface area (Å²) in [5.41, 5.74) is 0.631. The van der Waals surface area contributed by atoms with Crippen molar-refractivity contribution in [2.24, 2.45) is 29.1 Å². The van der Waals surface area contributed by atoms with Crippen LogP contribution in [-0.2, 0) is 9.53 Å². The molecule has 7 heteroatoms. The average Bonchev–Trinajstić information content (AvgIpc) is 2.85. The van der Waals surface area contributed by atoms with Crippen LogP contribution in [-0.4, -0.2) is 67.4 Å². The number of hydrogen-bond acceptors (Lipinski definition) is 5. The van der Waals surface area contributed by atoms with E-state index in [1.165, 1.54) is 0 Å². The van der Waals surface area contributed by atoms with Gasteiger partial charge < -0.3 is 24.8 Å². The van der Waals surface area contributed by atoms with E-state index in [0.29, 0.717) is 31.9 Å². The van der Waals surface area contributed by atoms with E-state index in [-0.39, 0.29) is 46.9 Å². The Morgan fingerprint density at radius 1 is 1.18 bits per heavy atom. The van der Waals surface area contributed by atoms with Crippen molar-refractivity contribution in [2.45, 2.75) is 58.6 Å². The molecule has 2 saturated carbocycles. The number of aliphatic hydroxyl groups is 1. The van der Waals surface area contributed by atoms with Crippen molar-refractivity contribution < 1.29 is 24.2 Å². The number of aliphatic hydroxyl groups excluding tert-OH is 1. The summed E-state index contributed by atoms with van der Waals surface area (Å²) in [6.07, 6.45) is 3.17. The topological polar surface area (TPSA) is 88.1 Å². The van der Waals surface area contributed by atoms with Crippen LogP contribution in [0.3, 0.4) is 0 Å². The normalized spacial score (nSPS) is 34.6. The number of morpholine rings is 1. The summed E-state index contributed by atoms with van der Waals surface area (Å²) in [6.45, 7) is 8.83. The number of benzene rings is 1. The number of carbonyl (C=O) groups excluding carboxylic acids is 2. The minimum Gasteiger partial charge on any atom is -0.497 e. The standard InChI is InChI=1S/C27H40N2O5/c1-17(26(32)29-13-15-34-16-14-29)21-9-11-27(3)12-10-22(18(2)23(27)24(21)30)28-25(31)19-5-7-20(33-4)8-6-19/h5-8,17-18,21-24,30H,9-16H2,1-4H3,(H,28,31)/t17-,18+,21-,22-,23+,24-,27-/m0/s1. The highest BCUT2D eigenvalue weighted by atomic mass is 16.5. The third kappa shape index (κ3) is 4.82. The van der Waals surface area contributed by atoms with Gasteiger partial charge in [-0.15, -0.1) is 0 Å². The van der Waals surface area contributed by atoms with Gasteiger partial charge in [0, 0.05) is 30.6 Å². The van der Waals surface area contributed by atoms with Gasteiger partial charge in [-0.2, -0.15) is 0 Å². The zero-order valence-corrected chi connectivity index (χ0v) is 21.0. The second-order valence-electron chi connectivity index (χ2n) is 10.8. The zero-order valence-electron chi connectivity index (χ0n) is 21.0. The van der Waals surface area contributed by atoms with Gasteiger partial charge in [0.25, 0.3) is 5.91 Å². The quantitative estimate of drug-likeness (QED) is 0.688. The molecule has 3 fully saturated rings. The van der Waals surface area contributed by atoms with E-state index in [2.05, 4.69) is 19.2 Å². The number of hydrogen-bond donors (Lipinski definition) is 2. The van der Waals surface area contributed by atoms with E-state index in [1.54, 1.807) is 31.4 Å². The lowest BCUT2D eigenvalue weighted by Gasteiger charge is -2.56. The molecule has 1 saturated heterocycles. The first kappa shape index (κ1) is 25.0. The molecule has 188 valence electrons. The summed E-state index contributed by atoms with van der Waals surface area (Å²) >= 11 is 0. The van der Waals surface area contributed by atoms with E-state index in [9.17, 15) is 14.7 Å². The Hall–Kier alpha value is -2.12. The third-order valence-electron chi connectivity index (χ3n) is 8.91. The maximum atomic E-state index is 13.2. The molecule has 4 rings (SSSR count). The smallest absolute Gasteiger partial charge is 0.251 e. The monoisotopic (exact) mass is 472 g/mol. The Balaban J connectivity index is 1.45. The first-order valence-corrected chi connectivity index (χ1v) is 12.7. The van der Waals surface area contributed by atoms with Gasteiger partial charge in [0.2, 0.25) is 5.91 Å². The second kappa shape index (κ2) is 10.2. The summed E-state index contributed by atoms with van der Waals surface area (Å²) < 4.78 is 10.6. The summed E-state index contributed by atoms with van der Waals surface area (Å²) in [5.74, 6) is 0.622. The molecule has 2 N–H and O–H groups in total.